The van der Waals surface area contributed by atoms with Crippen LogP contribution in [0.1, 0.15) is 67.7 Å². The highest BCUT2D eigenvalue weighted by molar-refractivity contribution is 5.92. The van der Waals surface area contributed by atoms with Crippen LogP contribution in [0, 0.1) is 0 Å². The molecule has 0 saturated carbocycles. The maximum atomic E-state index is 13.0. The minimum Gasteiger partial charge on any atom is -0.381 e. The van der Waals surface area contributed by atoms with Gasteiger partial charge in [-0.1, -0.05) is 12.1 Å². The highest BCUT2D eigenvalue weighted by Crippen LogP contribution is 2.34. The molecule has 8 nitrogen and oxygen atoms in total. The Hall–Kier alpha value is -2.22. The molecule has 1 atom stereocenters. The molecule has 2 saturated heterocycles. The lowest BCUT2D eigenvalue weighted by Gasteiger charge is -2.38. The summed E-state index contributed by atoms with van der Waals surface area (Å²) in [5.74, 6) is 1.73. The highest BCUT2D eigenvalue weighted by Gasteiger charge is 2.39. The van der Waals surface area contributed by atoms with Crippen molar-refractivity contribution in [1.29, 1.82) is 0 Å². The first-order chi connectivity index (χ1) is 13.1. The van der Waals surface area contributed by atoms with Gasteiger partial charge in [-0.05, 0) is 38.7 Å². The van der Waals surface area contributed by atoms with Crippen molar-refractivity contribution in [2.45, 2.75) is 57.4 Å². The molecule has 4 rings (SSSR count). The van der Waals surface area contributed by atoms with E-state index in [9.17, 15) is 4.79 Å². The molecule has 27 heavy (non-hydrogen) atoms. The number of aromatic nitrogens is 4. The van der Waals surface area contributed by atoms with Crippen LogP contribution in [0.15, 0.2) is 16.8 Å². The van der Waals surface area contributed by atoms with Crippen LogP contribution in [0.3, 0.4) is 0 Å². The number of likely N-dealkylation sites (tertiary alicyclic amines) is 1. The van der Waals surface area contributed by atoms with Gasteiger partial charge in [-0.3, -0.25) is 9.48 Å². The maximum absolute atomic E-state index is 13.0. The number of piperidine rings is 1. The summed E-state index contributed by atoms with van der Waals surface area (Å²) in [4.78, 5) is 19.6. The lowest BCUT2D eigenvalue weighted by atomic mass is 9.81. The van der Waals surface area contributed by atoms with E-state index < -0.39 is 0 Å². The Balaban J connectivity index is 1.51. The number of carbonyl (C=O) groups excluding carboxylic acids is 1. The van der Waals surface area contributed by atoms with E-state index in [0.29, 0.717) is 30.5 Å². The summed E-state index contributed by atoms with van der Waals surface area (Å²) in [6, 6.07) is 1.79. The lowest BCUT2D eigenvalue weighted by Crippen LogP contribution is -2.48. The molecule has 2 aromatic rings. The van der Waals surface area contributed by atoms with Crippen LogP contribution in [-0.4, -0.2) is 57.0 Å². The smallest absolute Gasteiger partial charge is 0.272 e. The fourth-order valence-electron chi connectivity index (χ4n) is 4.11. The highest BCUT2D eigenvalue weighted by atomic mass is 16.5. The molecule has 8 heteroatoms. The molecule has 4 heterocycles. The van der Waals surface area contributed by atoms with Crippen molar-refractivity contribution in [3.8, 4) is 0 Å². The third-order valence-corrected chi connectivity index (χ3v) is 5.77. The predicted octanol–water partition coefficient (Wildman–Crippen LogP) is 2.37. The van der Waals surface area contributed by atoms with Crippen LogP contribution in [0.2, 0.25) is 0 Å². The van der Waals surface area contributed by atoms with Crippen LogP contribution < -0.4 is 0 Å². The number of hydrogen-bond donors (Lipinski definition) is 0. The molecule has 0 N–H and O–H groups in total. The molecule has 0 radical (unpaired) electrons. The summed E-state index contributed by atoms with van der Waals surface area (Å²) in [7, 11) is 0. The monoisotopic (exact) mass is 373 g/mol. The van der Waals surface area contributed by atoms with Crippen molar-refractivity contribution >= 4 is 5.91 Å². The van der Waals surface area contributed by atoms with Gasteiger partial charge in [0.25, 0.3) is 5.91 Å². The SMILES string of the molecule is CCn1nccc1C(=O)N1CCCC(C)(c2noc(C3CCOCC3)n2)C1. The zero-order valence-electron chi connectivity index (χ0n) is 16.1. The van der Waals surface area contributed by atoms with Gasteiger partial charge in [0.1, 0.15) is 5.69 Å². The Bertz CT molecular complexity index is 795. The number of hydrogen-bond acceptors (Lipinski definition) is 6. The van der Waals surface area contributed by atoms with Gasteiger partial charge in [0.05, 0.1) is 0 Å². The van der Waals surface area contributed by atoms with Crippen LogP contribution in [0.25, 0.3) is 0 Å². The first kappa shape index (κ1) is 18.2. The Morgan fingerprint density at radius 3 is 2.96 bits per heavy atom. The van der Waals surface area contributed by atoms with Gasteiger partial charge >= 0.3 is 0 Å². The van der Waals surface area contributed by atoms with Gasteiger partial charge in [0.15, 0.2) is 5.82 Å². The van der Waals surface area contributed by atoms with Crippen molar-refractivity contribution in [2.24, 2.45) is 0 Å². The van der Waals surface area contributed by atoms with E-state index in [4.69, 9.17) is 14.2 Å². The first-order valence-electron chi connectivity index (χ1n) is 9.83. The number of nitrogens with zero attached hydrogens (tertiary/aromatic N) is 5. The third kappa shape index (κ3) is 3.50. The number of carbonyl (C=O) groups is 1. The first-order valence-corrected chi connectivity index (χ1v) is 9.83. The number of rotatable bonds is 4. The lowest BCUT2D eigenvalue weighted by molar-refractivity contribution is 0.0629. The van der Waals surface area contributed by atoms with Crippen molar-refractivity contribution in [1.82, 2.24) is 24.8 Å². The second kappa shape index (κ2) is 7.42. The molecular weight excluding hydrogens is 346 g/mol. The normalized spacial score (nSPS) is 24.3. The van der Waals surface area contributed by atoms with Gasteiger partial charge in [-0.15, -0.1) is 0 Å². The average molecular weight is 373 g/mol. The molecule has 146 valence electrons. The molecule has 0 spiro atoms. The number of ether oxygens (including phenoxy) is 1. The van der Waals surface area contributed by atoms with Crippen molar-refractivity contribution in [3.63, 3.8) is 0 Å². The third-order valence-electron chi connectivity index (χ3n) is 5.77. The van der Waals surface area contributed by atoms with Gasteiger partial charge in [0, 0.05) is 50.4 Å². The van der Waals surface area contributed by atoms with Crippen LogP contribution in [0.4, 0.5) is 0 Å². The van der Waals surface area contributed by atoms with Crippen LogP contribution in [-0.2, 0) is 16.7 Å². The molecule has 1 unspecified atom stereocenters. The van der Waals surface area contributed by atoms with Crippen molar-refractivity contribution in [3.05, 3.63) is 29.7 Å². The Labute approximate surface area is 158 Å². The van der Waals surface area contributed by atoms with E-state index in [1.165, 1.54) is 0 Å². The summed E-state index contributed by atoms with van der Waals surface area (Å²) < 4.78 is 12.8. The Morgan fingerprint density at radius 2 is 2.19 bits per heavy atom. The summed E-state index contributed by atoms with van der Waals surface area (Å²) in [6.45, 7) is 7.61. The Morgan fingerprint density at radius 1 is 1.37 bits per heavy atom. The predicted molar refractivity (Wildman–Crippen MR) is 97.5 cm³/mol. The topological polar surface area (TPSA) is 86.3 Å². The zero-order valence-corrected chi connectivity index (χ0v) is 16.1. The van der Waals surface area contributed by atoms with Crippen molar-refractivity contribution in [2.75, 3.05) is 26.3 Å². The molecule has 1 amide bonds. The molecule has 2 aromatic heterocycles. The quantitative estimate of drug-likeness (QED) is 0.818. The molecule has 0 aliphatic carbocycles. The number of amides is 1. The van der Waals surface area contributed by atoms with E-state index in [1.807, 2.05) is 11.8 Å². The van der Waals surface area contributed by atoms with Crippen LogP contribution in [0.5, 0.6) is 0 Å². The molecule has 0 aromatic carbocycles. The minimum atomic E-state index is -0.294. The summed E-state index contributed by atoms with van der Waals surface area (Å²) >= 11 is 0. The van der Waals surface area contributed by atoms with Gasteiger partial charge in [-0.25, -0.2) is 0 Å². The second-order valence-electron chi connectivity index (χ2n) is 7.77. The largest absolute Gasteiger partial charge is 0.381 e. The maximum Gasteiger partial charge on any atom is 0.272 e. The van der Waals surface area contributed by atoms with E-state index in [1.54, 1.807) is 16.9 Å². The van der Waals surface area contributed by atoms with E-state index in [0.717, 1.165) is 45.4 Å². The standard InChI is InChI=1S/C19H27N5O3/c1-3-24-15(5-9-20-24)17(25)23-10-4-8-19(2,13-23)18-21-16(27-22-18)14-6-11-26-12-7-14/h5,9,14H,3-4,6-8,10-13H2,1-2H3. The number of aryl methyl sites for hydroxylation is 1. The van der Waals surface area contributed by atoms with Crippen LogP contribution >= 0.6 is 0 Å². The second-order valence-corrected chi connectivity index (χ2v) is 7.77. The van der Waals surface area contributed by atoms with E-state index >= 15 is 0 Å². The van der Waals surface area contributed by atoms with Gasteiger partial charge in [0.2, 0.25) is 5.89 Å². The van der Waals surface area contributed by atoms with E-state index in [-0.39, 0.29) is 17.2 Å². The summed E-state index contributed by atoms with van der Waals surface area (Å²) in [5.41, 5.74) is 0.343. The Kier molecular flexibility index (Phi) is 4.99. The minimum absolute atomic E-state index is 0.0217. The fourth-order valence-corrected chi connectivity index (χ4v) is 4.11. The molecule has 2 fully saturated rings. The fraction of sp³-hybridized carbons (Fsp3) is 0.684. The average Bonchev–Trinajstić information content (AvgIpc) is 3.38. The van der Waals surface area contributed by atoms with Gasteiger partial charge in [-0.2, -0.15) is 10.1 Å². The van der Waals surface area contributed by atoms with Gasteiger partial charge < -0.3 is 14.2 Å². The van der Waals surface area contributed by atoms with E-state index in [2.05, 4.69) is 17.2 Å². The molecule has 2 aliphatic heterocycles. The summed E-state index contributed by atoms with van der Waals surface area (Å²) in [6.07, 6.45) is 5.38. The molecule has 0 bridgehead atoms. The zero-order chi connectivity index (χ0) is 18.9. The summed E-state index contributed by atoms with van der Waals surface area (Å²) in [5, 5.41) is 8.51. The molecular formula is C19H27N5O3. The molecule has 2 aliphatic rings. The van der Waals surface area contributed by atoms with Crippen molar-refractivity contribution < 1.29 is 14.1 Å².